The molecule has 31 heavy (non-hydrogen) atoms. The van der Waals surface area contributed by atoms with Gasteiger partial charge in [-0.05, 0) is 66.7 Å². The van der Waals surface area contributed by atoms with Gasteiger partial charge in [0.05, 0.1) is 5.75 Å². The topological polar surface area (TPSA) is 77.2 Å². The number of benzene rings is 3. The standard InChI is InChI=1S/C22H15BrClN3O3S/c23-15-3-1-2-14(12-15)21-26-27-22(30-21)31-13-20(28)25-17-6-10-19(11-7-17)29-18-8-4-16(24)5-9-18/h1-12H,13H2,(H,25,28). The summed E-state index contributed by atoms with van der Waals surface area (Å²) < 4.78 is 12.3. The molecule has 1 amide bonds. The minimum Gasteiger partial charge on any atom is -0.457 e. The Balaban J connectivity index is 1.28. The summed E-state index contributed by atoms with van der Waals surface area (Å²) in [6.45, 7) is 0. The number of hydrogen-bond donors (Lipinski definition) is 1. The second kappa shape index (κ2) is 10.00. The Morgan fingerprint density at radius 2 is 1.74 bits per heavy atom. The van der Waals surface area contributed by atoms with E-state index in [0.29, 0.717) is 33.3 Å². The summed E-state index contributed by atoms with van der Waals surface area (Å²) in [7, 11) is 0. The average molecular weight is 517 g/mol. The molecule has 0 bridgehead atoms. The number of nitrogens with zero attached hydrogens (tertiary/aromatic N) is 2. The molecule has 1 heterocycles. The Bertz CT molecular complexity index is 1180. The van der Waals surface area contributed by atoms with Crippen molar-refractivity contribution in [2.45, 2.75) is 5.22 Å². The highest BCUT2D eigenvalue weighted by atomic mass is 79.9. The summed E-state index contributed by atoms with van der Waals surface area (Å²) in [4.78, 5) is 12.2. The zero-order valence-electron chi connectivity index (χ0n) is 15.9. The van der Waals surface area contributed by atoms with E-state index in [1.165, 1.54) is 11.8 Å². The lowest BCUT2D eigenvalue weighted by Crippen LogP contribution is -2.13. The summed E-state index contributed by atoms with van der Waals surface area (Å²) in [5.74, 6) is 1.70. The summed E-state index contributed by atoms with van der Waals surface area (Å²) in [5.41, 5.74) is 1.47. The number of halogens is 2. The first-order chi connectivity index (χ1) is 15.0. The molecule has 9 heteroatoms. The first-order valence-corrected chi connectivity index (χ1v) is 11.3. The molecule has 0 spiro atoms. The molecule has 4 rings (SSSR count). The van der Waals surface area contributed by atoms with Gasteiger partial charge in [-0.2, -0.15) is 0 Å². The van der Waals surface area contributed by atoms with Crippen molar-refractivity contribution in [2.75, 3.05) is 11.1 Å². The summed E-state index contributed by atoms with van der Waals surface area (Å²) >= 11 is 10.5. The van der Waals surface area contributed by atoms with Gasteiger partial charge in [0.1, 0.15) is 11.5 Å². The Hall–Kier alpha value is -2.81. The van der Waals surface area contributed by atoms with Crippen LogP contribution in [0.5, 0.6) is 11.5 Å². The lowest BCUT2D eigenvalue weighted by Gasteiger charge is -2.08. The predicted molar refractivity (Wildman–Crippen MR) is 125 cm³/mol. The minimum atomic E-state index is -0.182. The van der Waals surface area contributed by atoms with Crippen molar-refractivity contribution in [1.29, 1.82) is 0 Å². The third-order valence-corrected chi connectivity index (χ3v) is 5.56. The maximum Gasteiger partial charge on any atom is 0.277 e. The molecule has 156 valence electrons. The number of aromatic nitrogens is 2. The molecule has 0 saturated carbocycles. The van der Waals surface area contributed by atoms with Gasteiger partial charge in [-0.1, -0.05) is 45.4 Å². The van der Waals surface area contributed by atoms with Gasteiger partial charge in [-0.25, -0.2) is 0 Å². The number of carbonyl (C=O) groups is 1. The monoisotopic (exact) mass is 515 g/mol. The molecule has 0 aliphatic heterocycles. The fourth-order valence-electron chi connectivity index (χ4n) is 2.58. The first kappa shape index (κ1) is 21.4. The quantitative estimate of drug-likeness (QED) is 0.276. The number of amides is 1. The van der Waals surface area contributed by atoms with Gasteiger partial charge >= 0.3 is 0 Å². The molecule has 1 N–H and O–H groups in total. The molecular weight excluding hydrogens is 502 g/mol. The number of thioether (sulfide) groups is 1. The highest BCUT2D eigenvalue weighted by molar-refractivity contribution is 9.10. The number of rotatable bonds is 7. The normalized spacial score (nSPS) is 10.6. The Labute approximate surface area is 196 Å². The highest BCUT2D eigenvalue weighted by Crippen LogP contribution is 2.26. The molecule has 0 radical (unpaired) electrons. The lowest BCUT2D eigenvalue weighted by atomic mass is 10.2. The van der Waals surface area contributed by atoms with E-state index < -0.39 is 0 Å². The summed E-state index contributed by atoms with van der Waals surface area (Å²) in [6, 6.07) is 21.7. The molecule has 0 aliphatic carbocycles. The average Bonchev–Trinajstić information content (AvgIpc) is 3.25. The number of ether oxygens (including phenoxy) is 1. The van der Waals surface area contributed by atoms with E-state index in [-0.39, 0.29) is 11.7 Å². The van der Waals surface area contributed by atoms with Crippen LogP contribution >= 0.6 is 39.3 Å². The third-order valence-electron chi connectivity index (χ3n) is 3.99. The van der Waals surface area contributed by atoms with Crippen molar-refractivity contribution in [2.24, 2.45) is 0 Å². The zero-order chi connectivity index (χ0) is 21.6. The number of nitrogens with one attached hydrogen (secondary N) is 1. The fraction of sp³-hybridized carbons (Fsp3) is 0.0455. The Kier molecular flexibility index (Phi) is 6.91. The van der Waals surface area contributed by atoms with Gasteiger partial charge in [0, 0.05) is 20.7 Å². The van der Waals surface area contributed by atoms with Crippen LogP contribution in [0.2, 0.25) is 5.02 Å². The van der Waals surface area contributed by atoms with Crippen LogP contribution in [-0.4, -0.2) is 21.9 Å². The van der Waals surface area contributed by atoms with Gasteiger partial charge in [0.25, 0.3) is 5.22 Å². The lowest BCUT2D eigenvalue weighted by molar-refractivity contribution is -0.113. The van der Waals surface area contributed by atoms with Crippen LogP contribution in [0, 0.1) is 0 Å². The highest BCUT2D eigenvalue weighted by Gasteiger charge is 2.12. The zero-order valence-corrected chi connectivity index (χ0v) is 19.1. The molecule has 1 aromatic heterocycles. The smallest absolute Gasteiger partial charge is 0.277 e. The van der Waals surface area contributed by atoms with Crippen molar-refractivity contribution < 1.29 is 13.9 Å². The van der Waals surface area contributed by atoms with Gasteiger partial charge in [0.15, 0.2) is 0 Å². The number of carbonyl (C=O) groups excluding carboxylic acids is 1. The SMILES string of the molecule is O=C(CSc1nnc(-c2cccc(Br)c2)o1)Nc1ccc(Oc2ccc(Cl)cc2)cc1. The molecule has 4 aromatic rings. The van der Waals surface area contributed by atoms with Crippen LogP contribution in [-0.2, 0) is 4.79 Å². The number of hydrogen-bond acceptors (Lipinski definition) is 6. The Morgan fingerprint density at radius 3 is 2.45 bits per heavy atom. The maximum absolute atomic E-state index is 12.2. The molecule has 3 aromatic carbocycles. The van der Waals surface area contributed by atoms with Gasteiger partial charge in [-0.15, -0.1) is 10.2 Å². The first-order valence-electron chi connectivity index (χ1n) is 9.11. The van der Waals surface area contributed by atoms with E-state index in [9.17, 15) is 4.79 Å². The second-order valence-corrected chi connectivity index (χ2v) is 8.58. The van der Waals surface area contributed by atoms with Crippen LogP contribution in [0.25, 0.3) is 11.5 Å². The van der Waals surface area contributed by atoms with Gasteiger partial charge in [-0.3, -0.25) is 4.79 Å². The molecule has 0 fully saturated rings. The number of anilines is 1. The van der Waals surface area contributed by atoms with E-state index in [4.69, 9.17) is 20.8 Å². The van der Waals surface area contributed by atoms with E-state index >= 15 is 0 Å². The Morgan fingerprint density at radius 1 is 1.03 bits per heavy atom. The molecule has 0 atom stereocenters. The predicted octanol–water partition coefficient (Wildman–Crippen LogP) is 6.68. The third kappa shape index (κ3) is 6.10. The van der Waals surface area contributed by atoms with Crippen LogP contribution in [0.1, 0.15) is 0 Å². The van der Waals surface area contributed by atoms with Crippen molar-refractivity contribution >= 4 is 50.9 Å². The summed E-state index contributed by atoms with van der Waals surface area (Å²) in [5, 5.41) is 11.8. The van der Waals surface area contributed by atoms with Crippen LogP contribution in [0.15, 0.2) is 86.9 Å². The molecule has 0 saturated heterocycles. The van der Waals surface area contributed by atoms with Crippen LogP contribution in [0.3, 0.4) is 0 Å². The van der Waals surface area contributed by atoms with E-state index in [1.807, 2.05) is 24.3 Å². The fourth-order valence-corrected chi connectivity index (χ4v) is 3.66. The minimum absolute atomic E-state index is 0.142. The van der Waals surface area contributed by atoms with E-state index in [1.54, 1.807) is 48.5 Å². The van der Waals surface area contributed by atoms with Crippen molar-refractivity contribution in [3.63, 3.8) is 0 Å². The van der Waals surface area contributed by atoms with E-state index in [0.717, 1.165) is 10.0 Å². The van der Waals surface area contributed by atoms with Crippen molar-refractivity contribution in [3.8, 4) is 23.0 Å². The van der Waals surface area contributed by atoms with E-state index in [2.05, 4.69) is 31.4 Å². The van der Waals surface area contributed by atoms with Crippen LogP contribution in [0.4, 0.5) is 5.69 Å². The molecular formula is C22H15BrClN3O3S. The second-order valence-electron chi connectivity index (χ2n) is 6.30. The maximum atomic E-state index is 12.2. The van der Waals surface area contributed by atoms with Crippen LogP contribution < -0.4 is 10.1 Å². The summed E-state index contributed by atoms with van der Waals surface area (Å²) in [6.07, 6.45) is 0. The van der Waals surface area contributed by atoms with Crippen molar-refractivity contribution in [1.82, 2.24) is 10.2 Å². The van der Waals surface area contributed by atoms with Crippen molar-refractivity contribution in [3.05, 3.63) is 82.3 Å². The molecule has 0 unspecified atom stereocenters. The van der Waals surface area contributed by atoms with Gasteiger partial charge < -0.3 is 14.5 Å². The molecule has 6 nitrogen and oxygen atoms in total. The largest absolute Gasteiger partial charge is 0.457 e. The van der Waals surface area contributed by atoms with Gasteiger partial charge in [0.2, 0.25) is 11.8 Å². The molecule has 0 aliphatic rings.